The number of carboxylic acids is 2. The molecule has 0 amide bonds. The molecule has 204 valence electrons. The van der Waals surface area contributed by atoms with Crippen LogP contribution in [-0.2, 0) is 29.2 Å². The molecule has 0 aliphatic carbocycles. The first kappa shape index (κ1) is 34.0. The van der Waals surface area contributed by atoms with Gasteiger partial charge in [-0.1, -0.05) is 18.2 Å². The Balaban J connectivity index is 0.00000106. The Morgan fingerprint density at radius 1 is 0.868 bits per heavy atom. The lowest BCUT2D eigenvalue weighted by Crippen LogP contribution is -3.00. The van der Waals surface area contributed by atoms with Crippen LogP contribution in [0.1, 0.15) is 12.8 Å². The van der Waals surface area contributed by atoms with E-state index in [0.717, 1.165) is 6.34 Å². The Bertz CT molecular complexity index is 1240. The molecule has 0 spiro atoms. The second-order valence-corrected chi connectivity index (χ2v) is 7.18. The van der Waals surface area contributed by atoms with Crippen molar-refractivity contribution >= 4 is 24.1 Å². The summed E-state index contributed by atoms with van der Waals surface area (Å²) in [6.45, 7) is 1.44. The van der Waals surface area contributed by atoms with Gasteiger partial charge < -0.3 is 44.7 Å². The highest BCUT2D eigenvalue weighted by Crippen LogP contribution is 2.04. The highest BCUT2D eigenvalue weighted by Gasteiger charge is 2.09. The van der Waals surface area contributed by atoms with Gasteiger partial charge in [0.05, 0.1) is 24.2 Å². The predicted octanol–water partition coefficient (Wildman–Crippen LogP) is -4.67. The minimum absolute atomic E-state index is 0. The lowest BCUT2D eigenvalue weighted by molar-refractivity contribution is -0.698. The molecule has 0 fully saturated rings. The number of nitrogens with zero attached hydrogens (tertiary/aromatic N) is 7. The van der Waals surface area contributed by atoms with Crippen molar-refractivity contribution < 1.29 is 58.9 Å². The first-order valence-electron chi connectivity index (χ1n) is 11.1. The number of azo groups is 1. The molecule has 14 heteroatoms. The largest absolute Gasteiger partial charge is 1.00 e. The molecule has 3 aromatic rings. The van der Waals surface area contributed by atoms with Crippen molar-refractivity contribution in [1.82, 2.24) is 4.57 Å². The highest BCUT2D eigenvalue weighted by molar-refractivity contribution is 5.66. The fourth-order valence-electron chi connectivity index (χ4n) is 2.82. The number of carboxylic acid groups (broad SMARTS) is 2. The number of pyridine rings is 3. The van der Waals surface area contributed by atoms with Crippen molar-refractivity contribution in [3.05, 3.63) is 84.9 Å². The Hall–Kier alpha value is -4.00. The molecule has 12 nitrogen and oxygen atoms in total. The quantitative estimate of drug-likeness (QED) is 0.0700. The zero-order valence-electron chi connectivity index (χ0n) is 20.4. The average Bonchev–Trinajstić information content (AvgIpc) is 2.88. The second kappa shape index (κ2) is 20.1. The number of hydrogen-bond donors (Lipinski definition) is 3. The molecule has 0 aliphatic rings. The number of aromatic nitrogens is 3. The van der Waals surface area contributed by atoms with Gasteiger partial charge in [-0.3, -0.25) is 9.59 Å². The minimum Gasteiger partial charge on any atom is -1.00 e. The number of aliphatic hydroxyl groups is 1. The van der Waals surface area contributed by atoms with Crippen LogP contribution in [0.5, 0.6) is 0 Å². The third-order valence-corrected chi connectivity index (χ3v) is 4.53. The number of carbonyl (C=O) groups is 2. The molecule has 0 radical (unpaired) electrons. The normalized spacial score (nSPS) is 10.8. The van der Waals surface area contributed by atoms with Crippen molar-refractivity contribution in [1.29, 1.82) is 0 Å². The number of aliphatic carboxylic acids is 2. The van der Waals surface area contributed by atoms with Gasteiger partial charge in [0.15, 0.2) is 30.8 Å². The molecular weight excluding hydrogens is 537 g/mol. The molecule has 0 aliphatic heterocycles. The summed E-state index contributed by atoms with van der Waals surface area (Å²) in [5.41, 5.74) is 0.487. The number of aliphatic hydroxyl groups excluding tert-OH is 1. The van der Waals surface area contributed by atoms with E-state index >= 15 is 0 Å². The van der Waals surface area contributed by atoms with Crippen molar-refractivity contribution in [3.8, 4) is 0 Å². The molecule has 0 unspecified atom stereocenters. The Morgan fingerprint density at radius 3 is 2.24 bits per heavy atom. The van der Waals surface area contributed by atoms with Gasteiger partial charge >= 0.3 is 17.8 Å². The predicted molar refractivity (Wildman–Crippen MR) is 128 cm³/mol. The summed E-state index contributed by atoms with van der Waals surface area (Å²) in [4.78, 5) is 21.4. The maximum Gasteiger partial charge on any atom is 0.350 e. The molecule has 0 atom stereocenters. The van der Waals surface area contributed by atoms with Crippen LogP contribution in [0.25, 0.3) is 0 Å². The minimum atomic E-state index is -0.895. The zero-order valence-corrected chi connectivity index (χ0v) is 21.9. The summed E-state index contributed by atoms with van der Waals surface area (Å²) in [5.74, 6) is -1.30. The van der Waals surface area contributed by atoms with Crippen LogP contribution in [0.3, 0.4) is 0 Å². The summed E-state index contributed by atoms with van der Waals surface area (Å²) in [7, 11) is 0. The zero-order chi connectivity index (χ0) is 26.0. The smallest absolute Gasteiger partial charge is 0.350 e. The van der Waals surface area contributed by atoms with Crippen LogP contribution < -0.4 is 39.4 Å². The van der Waals surface area contributed by atoms with Crippen LogP contribution in [0, 0.1) is 0 Å². The maximum absolute atomic E-state index is 10.7. The lowest BCUT2D eigenvalue weighted by Gasteiger charge is -2.03. The van der Waals surface area contributed by atoms with Crippen molar-refractivity contribution in [2.75, 3.05) is 6.61 Å². The second-order valence-electron chi connectivity index (χ2n) is 7.18. The van der Waals surface area contributed by atoms with Gasteiger partial charge in [-0.25, -0.2) is 9.13 Å². The molecule has 3 aromatic heterocycles. The Morgan fingerprint density at radius 2 is 1.55 bits per heavy atom. The van der Waals surface area contributed by atoms with Crippen LogP contribution in [-0.4, -0.2) is 44.8 Å². The van der Waals surface area contributed by atoms with E-state index in [9.17, 15) is 9.59 Å². The van der Waals surface area contributed by atoms with Gasteiger partial charge in [0, 0.05) is 30.9 Å². The number of halogens is 2. The molecule has 3 heterocycles. The van der Waals surface area contributed by atoms with Gasteiger partial charge in [0.25, 0.3) is 0 Å². The van der Waals surface area contributed by atoms with Crippen LogP contribution >= 0.6 is 0 Å². The molecule has 38 heavy (non-hydrogen) atoms. The molecule has 0 aromatic carbocycles. The summed E-state index contributed by atoms with van der Waals surface area (Å²) in [5, 5.41) is 41.7. The highest BCUT2D eigenvalue weighted by atomic mass is 35.5. The maximum atomic E-state index is 10.7. The molecule has 0 saturated carbocycles. The van der Waals surface area contributed by atoms with Crippen molar-refractivity contribution in [2.24, 2.45) is 20.4 Å². The first-order chi connectivity index (χ1) is 17.5. The number of aryl methyl sites for hydroxylation is 2. The molecule has 3 N–H and O–H groups in total. The van der Waals surface area contributed by atoms with Gasteiger partial charge in [-0.05, 0) is 23.3 Å². The van der Waals surface area contributed by atoms with Crippen molar-refractivity contribution in [3.63, 3.8) is 0 Å². The van der Waals surface area contributed by atoms with Gasteiger partial charge in [0.1, 0.15) is 13.2 Å². The van der Waals surface area contributed by atoms with Crippen LogP contribution in [0.15, 0.2) is 99.8 Å². The lowest BCUT2D eigenvalue weighted by atomic mass is 10.4. The summed E-state index contributed by atoms with van der Waals surface area (Å²) in [6, 6.07) is 16.3. The van der Waals surface area contributed by atoms with Crippen molar-refractivity contribution in [2.45, 2.75) is 32.5 Å². The molecule has 0 bridgehead atoms. The van der Waals surface area contributed by atoms with E-state index in [1.165, 1.54) is 0 Å². The van der Waals surface area contributed by atoms with Gasteiger partial charge in [-0.2, -0.15) is 0 Å². The number of hydrogen-bond acceptors (Lipinski definition) is 6. The Labute approximate surface area is 231 Å². The summed E-state index contributed by atoms with van der Waals surface area (Å²) in [6.07, 6.45) is 8.40. The molecule has 0 saturated heterocycles. The number of rotatable bonds is 11. The van der Waals surface area contributed by atoms with Gasteiger partial charge in [0.2, 0.25) is 0 Å². The van der Waals surface area contributed by atoms with E-state index in [2.05, 4.69) is 20.4 Å². The van der Waals surface area contributed by atoms with E-state index in [0.29, 0.717) is 17.9 Å². The van der Waals surface area contributed by atoms with E-state index in [4.69, 9.17) is 15.3 Å². The Kier molecular flexibility index (Phi) is 18.0. The summed E-state index contributed by atoms with van der Waals surface area (Å²) >= 11 is 0. The molecular formula is C24H29Cl2N7O5. The topological polar surface area (TPSA) is 157 Å². The average molecular weight is 566 g/mol. The SMILES string of the molecule is O=C(O)CCn1ccccc1=NN=CN=Nc1cccc[n+]1CCC(=O)O.OCC[n+]1ccccc1.[Cl-].[Cl-]. The fourth-order valence-corrected chi connectivity index (χ4v) is 2.82. The third kappa shape index (κ3) is 13.9. The van der Waals surface area contributed by atoms with Gasteiger partial charge in [-0.15, -0.1) is 10.2 Å². The molecule has 3 rings (SSSR count). The fraction of sp³-hybridized carbons (Fsp3) is 0.250. The van der Waals surface area contributed by atoms with E-state index in [-0.39, 0.29) is 57.4 Å². The summed E-state index contributed by atoms with van der Waals surface area (Å²) < 4.78 is 5.26. The van der Waals surface area contributed by atoms with E-state index in [1.807, 2.05) is 35.2 Å². The van der Waals surface area contributed by atoms with E-state index < -0.39 is 11.9 Å². The van der Waals surface area contributed by atoms with Crippen LogP contribution in [0.4, 0.5) is 5.82 Å². The first-order valence-corrected chi connectivity index (χ1v) is 11.1. The van der Waals surface area contributed by atoms with Crippen LogP contribution in [0.2, 0.25) is 0 Å². The standard InChI is InChI=1S/C17H18N6O4.C7H10NO.2ClH/c24-16(25)7-11-22-9-3-1-5-14(22)20-18-13-19-21-15-6-2-4-10-23(15)12-8-17(26)27;9-7-6-8-4-2-1-3-5-8;;/h1-6,9-10,13H,7-8,11-12H2,(H-,24,25,26,27);1-5,9H,6-7H2;2*1H/q;+1;;/p-1. The monoisotopic (exact) mass is 565 g/mol. The van der Waals surface area contributed by atoms with E-state index in [1.54, 1.807) is 57.9 Å². The third-order valence-electron chi connectivity index (χ3n) is 4.53.